The van der Waals surface area contributed by atoms with Crippen LogP contribution in [0.2, 0.25) is 20.1 Å². The number of hydrogen-bond acceptors (Lipinski definition) is 4. The number of amides is 2. The van der Waals surface area contributed by atoms with Crippen LogP contribution in [0.5, 0.6) is 11.5 Å². The summed E-state index contributed by atoms with van der Waals surface area (Å²) >= 11 is 26.2. The summed E-state index contributed by atoms with van der Waals surface area (Å²) in [5.41, 5.74) is 1.18. The van der Waals surface area contributed by atoms with Gasteiger partial charge in [0.05, 0.1) is 33.3 Å². The molecule has 0 fully saturated rings. The molecule has 212 valence electrons. The molecule has 0 aliphatic rings. The molecule has 0 atom stereocenters. The Morgan fingerprint density at radius 1 is 0.718 bits per heavy atom. The van der Waals surface area contributed by atoms with Gasteiger partial charge in [0.25, 0.3) is 0 Å². The van der Waals surface area contributed by atoms with Gasteiger partial charge in [-0.2, -0.15) is 0 Å². The summed E-state index contributed by atoms with van der Waals surface area (Å²) in [6, 6.07) is 7.30. The highest BCUT2D eigenvalue weighted by molar-refractivity contribution is 6.38. The molecule has 0 spiro atoms. The first-order chi connectivity index (χ1) is 18.5. The van der Waals surface area contributed by atoms with Crippen molar-refractivity contribution in [3.8, 4) is 11.5 Å². The molecule has 0 aromatic heterocycles. The topological polar surface area (TPSA) is 76.7 Å². The SMILES string of the molecule is C=CC(=O)NCCCCOc1c(Cl)cc(C(C)(C)c2cc(Cl)c(OCCCCNC(=O)C=C)c(Cl)c2)cc1Cl. The van der Waals surface area contributed by atoms with Gasteiger partial charge < -0.3 is 20.1 Å². The van der Waals surface area contributed by atoms with E-state index in [1.807, 2.05) is 38.1 Å². The Labute approximate surface area is 250 Å². The van der Waals surface area contributed by atoms with Crippen LogP contribution in [0.4, 0.5) is 0 Å². The second-order valence-electron chi connectivity index (χ2n) is 9.26. The number of ether oxygens (including phenoxy) is 2. The fourth-order valence-electron chi connectivity index (χ4n) is 3.65. The van der Waals surface area contributed by atoms with E-state index in [4.69, 9.17) is 55.9 Å². The minimum atomic E-state index is -0.537. The number of carbonyl (C=O) groups is 2. The van der Waals surface area contributed by atoms with E-state index in [0.717, 1.165) is 24.0 Å². The lowest BCUT2D eigenvalue weighted by atomic mass is 9.78. The molecular formula is C29H34Cl4N2O4. The van der Waals surface area contributed by atoms with E-state index in [1.54, 1.807) is 0 Å². The van der Waals surface area contributed by atoms with Crippen LogP contribution in [0, 0.1) is 0 Å². The molecule has 0 unspecified atom stereocenters. The molecule has 2 N–H and O–H groups in total. The molecule has 0 radical (unpaired) electrons. The van der Waals surface area contributed by atoms with Crippen molar-refractivity contribution in [2.75, 3.05) is 26.3 Å². The third-order valence-electron chi connectivity index (χ3n) is 6.04. The molecule has 0 aliphatic heterocycles. The van der Waals surface area contributed by atoms with Crippen molar-refractivity contribution < 1.29 is 19.1 Å². The molecule has 0 saturated carbocycles. The van der Waals surface area contributed by atoms with Crippen molar-refractivity contribution in [2.45, 2.75) is 44.9 Å². The second-order valence-corrected chi connectivity index (χ2v) is 10.9. The van der Waals surface area contributed by atoms with Gasteiger partial charge in [0.2, 0.25) is 11.8 Å². The Morgan fingerprint density at radius 2 is 1.05 bits per heavy atom. The van der Waals surface area contributed by atoms with Crippen LogP contribution in [-0.4, -0.2) is 38.1 Å². The lowest BCUT2D eigenvalue weighted by molar-refractivity contribution is -0.117. The van der Waals surface area contributed by atoms with Gasteiger partial charge in [0.15, 0.2) is 11.5 Å². The third-order valence-corrected chi connectivity index (χ3v) is 7.17. The average molecular weight is 616 g/mol. The maximum Gasteiger partial charge on any atom is 0.243 e. The normalized spacial score (nSPS) is 11.0. The average Bonchev–Trinajstić information content (AvgIpc) is 2.89. The first-order valence-corrected chi connectivity index (χ1v) is 14.1. The van der Waals surface area contributed by atoms with Gasteiger partial charge in [-0.05, 0) is 73.2 Å². The van der Waals surface area contributed by atoms with E-state index in [9.17, 15) is 9.59 Å². The first-order valence-electron chi connectivity index (χ1n) is 12.6. The number of benzene rings is 2. The van der Waals surface area contributed by atoms with Crippen LogP contribution in [0.25, 0.3) is 0 Å². The number of nitrogens with one attached hydrogen (secondary N) is 2. The lowest BCUT2D eigenvalue weighted by Crippen LogP contribution is -2.22. The summed E-state index contributed by atoms with van der Waals surface area (Å²) in [4.78, 5) is 22.4. The first kappa shape index (κ1) is 32.8. The van der Waals surface area contributed by atoms with Gasteiger partial charge in [-0.25, -0.2) is 0 Å². The van der Waals surface area contributed by atoms with Crippen molar-refractivity contribution >= 4 is 58.2 Å². The minimum absolute atomic E-state index is 0.201. The van der Waals surface area contributed by atoms with Crippen LogP contribution in [0.3, 0.4) is 0 Å². The highest BCUT2D eigenvalue weighted by atomic mass is 35.5. The molecule has 2 amide bonds. The standard InChI is InChI=1S/C29H34Cl4N2O4/c1-5-25(36)34-11-7-9-13-38-27-21(30)15-19(16-22(27)31)29(3,4)20-17-23(32)28(24(33)18-20)39-14-10-8-12-35-26(37)6-2/h5-6,15-18H,1-2,7-14H2,3-4H3,(H,34,36)(H,35,37). The number of unbranched alkanes of at least 4 members (excludes halogenated alkanes) is 2. The molecule has 0 saturated heterocycles. The quantitative estimate of drug-likeness (QED) is 0.151. The highest BCUT2D eigenvalue weighted by Gasteiger charge is 2.27. The molecule has 39 heavy (non-hydrogen) atoms. The maximum absolute atomic E-state index is 11.2. The molecule has 0 bridgehead atoms. The fraction of sp³-hybridized carbons (Fsp3) is 0.379. The van der Waals surface area contributed by atoms with E-state index in [0.29, 0.717) is 70.7 Å². The van der Waals surface area contributed by atoms with E-state index >= 15 is 0 Å². The van der Waals surface area contributed by atoms with Crippen LogP contribution >= 0.6 is 46.4 Å². The van der Waals surface area contributed by atoms with E-state index in [-0.39, 0.29) is 11.8 Å². The number of halogens is 4. The largest absolute Gasteiger partial charge is 0.490 e. The smallest absolute Gasteiger partial charge is 0.243 e. The second kappa shape index (κ2) is 16.0. The summed E-state index contributed by atoms with van der Waals surface area (Å²) in [6.07, 6.45) is 5.40. The molecular weight excluding hydrogens is 582 g/mol. The molecule has 2 aromatic rings. The van der Waals surface area contributed by atoms with Crippen molar-refractivity contribution in [2.24, 2.45) is 0 Å². The monoisotopic (exact) mass is 614 g/mol. The van der Waals surface area contributed by atoms with Gasteiger partial charge in [0.1, 0.15) is 0 Å². The van der Waals surface area contributed by atoms with Crippen molar-refractivity contribution in [1.29, 1.82) is 0 Å². The van der Waals surface area contributed by atoms with Crippen LogP contribution < -0.4 is 20.1 Å². The number of rotatable bonds is 16. The van der Waals surface area contributed by atoms with Crippen LogP contribution in [-0.2, 0) is 15.0 Å². The Hall–Kier alpha value is -2.38. The van der Waals surface area contributed by atoms with Gasteiger partial charge in [-0.3, -0.25) is 9.59 Å². The third kappa shape index (κ3) is 9.95. The predicted octanol–water partition coefficient (Wildman–Crippen LogP) is 7.55. The molecule has 6 nitrogen and oxygen atoms in total. The minimum Gasteiger partial charge on any atom is -0.490 e. The molecule has 0 heterocycles. The molecule has 2 rings (SSSR count). The van der Waals surface area contributed by atoms with Crippen molar-refractivity contribution in [3.63, 3.8) is 0 Å². The zero-order chi connectivity index (χ0) is 29.0. The highest BCUT2D eigenvalue weighted by Crippen LogP contribution is 2.43. The van der Waals surface area contributed by atoms with Gasteiger partial charge >= 0.3 is 0 Å². The van der Waals surface area contributed by atoms with E-state index < -0.39 is 5.41 Å². The summed E-state index contributed by atoms with van der Waals surface area (Å²) in [7, 11) is 0. The summed E-state index contributed by atoms with van der Waals surface area (Å²) in [6.45, 7) is 12.8. The number of carbonyl (C=O) groups excluding carboxylic acids is 2. The Bertz CT molecular complexity index is 1050. The fourth-order valence-corrected chi connectivity index (χ4v) is 4.85. The van der Waals surface area contributed by atoms with E-state index in [2.05, 4.69) is 23.8 Å². The lowest BCUT2D eigenvalue weighted by Gasteiger charge is -2.28. The predicted molar refractivity (Wildman–Crippen MR) is 161 cm³/mol. The van der Waals surface area contributed by atoms with Crippen molar-refractivity contribution in [1.82, 2.24) is 10.6 Å². The van der Waals surface area contributed by atoms with Gasteiger partial charge in [-0.15, -0.1) is 0 Å². The Morgan fingerprint density at radius 3 is 1.36 bits per heavy atom. The zero-order valence-corrected chi connectivity index (χ0v) is 25.2. The maximum atomic E-state index is 11.2. The molecule has 0 aliphatic carbocycles. The van der Waals surface area contributed by atoms with Gasteiger partial charge in [0, 0.05) is 18.5 Å². The van der Waals surface area contributed by atoms with Crippen molar-refractivity contribution in [3.05, 3.63) is 80.8 Å². The Kier molecular flexibility index (Phi) is 13.5. The summed E-state index contributed by atoms with van der Waals surface area (Å²) in [5, 5.41) is 7.02. The number of hydrogen-bond donors (Lipinski definition) is 2. The molecule has 2 aromatic carbocycles. The zero-order valence-electron chi connectivity index (χ0n) is 22.2. The van der Waals surface area contributed by atoms with Crippen LogP contribution in [0.1, 0.15) is 50.7 Å². The van der Waals surface area contributed by atoms with E-state index in [1.165, 1.54) is 12.2 Å². The van der Waals surface area contributed by atoms with Gasteiger partial charge in [-0.1, -0.05) is 73.4 Å². The molecule has 10 heteroatoms. The Balaban J connectivity index is 2.03. The summed E-state index contributed by atoms with van der Waals surface area (Å²) < 4.78 is 11.7. The van der Waals surface area contributed by atoms with Crippen LogP contribution in [0.15, 0.2) is 49.6 Å². The summed E-state index contributed by atoms with van der Waals surface area (Å²) in [5.74, 6) is 0.425.